The first kappa shape index (κ1) is 26.8. The standard InChI is InChI=1S/C27H32F3N7O3/c28-17-9-20(29)23(21(30)10-17)34-27-33-22-11-31-26(35-24(22)37(27)12-15-6-8-40-14-15)32-18-3-1-16(2-4-18)25(39)36-7-5-19(38)13-36/h9-11,15-16,18-19,38H,1-8,12-14H2,(H,33,34)(H,31,32,35)/t15-,16?,18?,19-/m1/s1. The summed E-state index contributed by atoms with van der Waals surface area (Å²) >= 11 is 0. The number of ether oxygens (including phenoxy) is 1. The Kier molecular flexibility index (Phi) is 7.49. The van der Waals surface area contributed by atoms with Crippen LogP contribution in [-0.2, 0) is 16.1 Å². The molecule has 1 saturated carbocycles. The summed E-state index contributed by atoms with van der Waals surface area (Å²) in [5.74, 6) is -2.32. The van der Waals surface area contributed by atoms with Crippen LogP contribution in [0.2, 0.25) is 0 Å². The molecule has 0 spiro atoms. The van der Waals surface area contributed by atoms with E-state index in [2.05, 4.69) is 20.6 Å². The number of benzene rings is 1. The third kappa shape index (κ3) is 5.57. The molecular formula is C27H32F3N7O3. The van der Waals surface area contributed by atoms with Crippen LogP contribution < -0.4 is 10.6 Å². The summed E-state index contributed by atoms with van der Waals surface area (Å²) in [6, 6.07) is 1.31. The monoisotopic (exact) mass is 559 g/mol. The van der Waals surface area contributed by atoms with E-state index in [-0.39, 0.29) is 29.7 Å². The Balaban J connectivity index is 1.19. The summed E-state index contributed by atoms with van der Waals surface area (Å²) in [5.41, 5.74) is 0.435. The van der Waals surface area contributed by atoms with E-state index in [0.717, 1.165) is 32.1 Å². The molecular weight excluding hydrogens is 527 g/mol. The number of carbonyl (C=O) groups is 1. The van der Waals surface area contributed by atoms with Gasteiger partial charge in [0.15, 0.2) is 17.3 Å². The number of aromatic nitrogens is 4. The number of aliphatic hydroxyl groups excluding tert-OH is 1. The smallest absolute Gasteiger partial charge is 0.225 e. The number of amides is 1. The molecule has 2 atom stereocenters. The molecule has 3 N–H and O–H groups in total. The van der Waals surface area contributed by atoms with Crippen LogP contribution in [0.4, 0.5) is 30.8 Å². The Morgan fingerprint density at radius 2 is 1.85 bits per heavy atom. The van der Waals surface area contributed by atoms with Gasteiger partial charge in [0.25, 0.3) is 0 Å². The predicted octanol–water partition coefficient (Wildman–Crippen LogP) is 3.59. The number of aliphatic hydroxyl groups is 1. The van der Waals surface area contributed by atoms with Gasteiger partial charge in [-0.1, -0.05) is 0 Å². The highest BCUT2D eigenvalue weighted by Crippen LogP contribution is 2.31. The fraction of sp³-hybridized carbons (Fsp3) is 0.556. The van der Waals surface area contributed by atoms with E-state index >= 15 is 0 Å². The number of rotatable bonds is 7. The van der Waals surface area contributed by atoms with Crippen molar-refractivity contribution in [2.24, 2.45) is 11.8 Å². The van der Waals surface area contributed by atoms with Crippen molar-refractivity contribution in [1.82, 2.24) is 24.4 Å². The molecule has 2 aliphatic heterocycles. The summed E-state index contributed by atoms with van der Waals surface area (Å²) in [6.45, 7) is 2.67. The predicted molar refractivity (Wildman–Crippen MR) is 140 cm³/mol. The maximum absolute atomic E-state index is 14.4. The fourth-order valence-corrected chi connectivity index (χ4v) is 5.88. The van der Waals surface area contributed by atoms with Crippen LogP contribution in [0.15, 0.2) is 18.3 Å². The SMILES string of the molecule is O=C(C1CCC(Nc2ncc3nc(Nc4c(F)cc(F)cc4F)n(C[C@H]4CCOC4)c3n2)CC1)N1CC[C@@H](O)C1. The number of fused-ring (bicyclic) bond motifs is 1. The molecule has 214 valence electrons. The first-order valence-electron chi connectivity index (χ1n) is 13.8. The fourth-order valence-electron chi connectivity index (χ4n) is 5.88. The van der Waals surface area contributed by atoms with E-state index < -0.39 is 29.2 Å². The Hall–Kier alpha value is -3.45. The highest BCUT2D eigenvalue weighted by Gasteiger charge is 2.33. The highest BCUT2D eigenvalue weighted by atomic mass is 19.1. The quantitative estimate of drug-likeness (QED) is 0.402. The summed E-state index contributed by atoms with van der Waals surface area (Å²) < 4.78 is 49.6. The number of carbonyl (C=O) groups excluding carboxylic acids is 1. The zero-order valence-corrected chi connectivity index (χ0v) is 22.0. The lowest BCUT2D eigenvalue weighted by atomic mass is 9.85. The number of halogens is 3. The van der Waals surface area contributed by atoms with Crippen molar-refractivity contribution in [2.45, 2.75) is 57.2 Å². The minimum atomic E-state index is -1.07. The number of anilines is 3. The van der Waals surface area contributed by atoms with Crippen molar-refractivity contribution in [2.75, 3.05) is 36.9 Å². The Morgan fingerprint density at radius 1 is 1.07 bits per heavy atom. The van der Waals surface area contributed by atoms with E-state index in [1.165, 1.54) is 0 Å². The van der Waals surface area contributed by atoms with Gasteiger partial charge < -0.3 is 25.4 Å². The van der Waals surface area contributed by atoms with Crippen LogP contribution >= 0.6 is 0 Å². The molecule has 1 aromatic carbocycles. The summed E-state index contributed by atoms with van der Waals surface area (Å²) in [7, 11) is 0. The van der Waals surface area contributed by atoms with E-state index in [4.69, 9.17) is 9.72 Å². The number of nitrogens with one attached hydrogen (secondary N) is 2. The van der Waals surface area contributed by atoms with Gasteiger partial charge in [0.1, 0.15) is 17.0 Å². The second-order valence-electron chi connectivity index (χ2n) is 11.0. The van der Waals surface area contributed by atoms with Crippen LogP contribution in [0.25, 0.3) is 11.2 Å². The Labute approximate surface area is 228 Å². The van der Waals surface area contributed by atoms with Gasteiger partial charge in [-0.3, -0.25) is 9.36 Å². The third-order valence-corrected chi connectivity index (χ3v) is 8.08. The van der Waals surface area contributed by atoms with Gasteiger partial charge in [-0.2, -0.15) is 4.98 Å². The first-order chi connectivity index (χ1) is 19.3. The Morgan fingerprint density at radius 3 is 2.52 bits per heavy atom. The van der Waals surface area contributed by atoms with E-state index in [9.17, 15) is 23.1 Å². The normalized spacial score (nSPS) is 25.1. The van der Waals surface area contributed by atoms with Gasteiger partial charge in [0, 0.05) is 56.3 Å². The van der Waals surface area contributed by atoms with Crippen LogP contribution in [0.5, 0.6) is 0 Å². The molecule has 0 radical (unpaired) electrons. The minimum Gasteiger partial charge on any atom is -0.391 e. The number of hydrogen-bond acceptors (Lipinski definition) is 8. The first-order valence-corrected chi connectivity index (χ1v) is 13.8. The molecule has 1 aliphatic carbocycles. The molecule has 2 aromatic heterocycles. The second kappa shape index (κ2) is 11.2. The molecule has 0 bridgehead atoms. The van der Waals surface area contributed by atoms with Gasteiger partial charge in [-0.15, -0.1) is 0 Å². The van der Waals surface area contributed by atoms with Gasteiger partial charge in [-0.25, -0.2) is 23.1 Å². The lowest BCUT2D eigenvalue weighted by Gasteiger charge is -2.30. The largest absolute Gasteiger partial charge is 0.391 e. The number of likely N-dealkylation sites (tertiary alicyclic amines) is 1. The molecule has 3 aromatic rings. The number of β-amino-alcohol motifs (C(OH)–C–C–N with tert-alkyl or cyclic N) is 1. The molecule has 3 fully saturated rings. The van der Waals surface area contributed by atoms with E-state index in [1.54, 1.807) is 15.7 Å². The van der Waals surface area contributed by atoms with Gasteiger partial charge in [0.05, 0.1) is 18.9 Å². The van der Waals surface area contributed by atoms with Crippen molar-refractivity contribution in [1.29, 1.82) is 0 Å². The zero-order valence-electron chi connectivity index (χ0n) is 22.0. The average molecular weight is 560 g/mol. The van der Waals surface area contributed by atoms with E-state index in [1.807, 2.05) is 0 Å². The molecule has 3 aliphatic rings. The van der Waals surface area contributed by atoms with E-state index in [0.29, 0.717) is 68.5 Å². The van der Waals surface area contributed by atoms with Crippen molar-refractivity contribution < 1.29 is 27.8 Å². The summed E-state index contributed by atoms with van der Waals surface area (Å²) in [5, 5.41) is 15.8. The van der Waals surface area contributed by atoms with Crippen LogP contribution in [0, 0.1) is 29.3 Å². The van der Waals surface area contributed by atoms with Crippen molar-refractivity contribution >= 4 is 34.7 Å². The van der Waals surface area contributed by atoms with Crippen molar-refractivity contribution in [3.05, 3.63) is 35.8 Å². The topological polar surface area (TPSA) is 117 Å². The molecule has 1 amide bonds. The molecule has 6 rings (SSSR count). The number of imidazole rings is 1. The third-order valence-electron chi connectivity index (χ3n) is 8.08. The van der Waals surface area contributed by atoms with Crippen LogP contribution in [0.3, 0.4) is 0 Å². The molecule has 0 unspecified atom stereocenters. The second-order valence-corrected chi connectivity index (χ2v) is 11.0. The van der Waals surface area contributed by atoms with Gasteiger partial charge >= 0.3 is 0 Å². The average Bonchev–Trinajstić information content (AvgIpc) is 3.68. The lowest BCUT2D eigenvalue weighted by Crippen LogP contribution is -2.38. The van der Waals surface area contributed by atoms with Gasteiger partial charge in [0.2, 0.25) is 17.8 Å². The maximum atomic E-state index is 14.4. The molecule has 10 nitrogen and oxygen atoms in total. The summed E-state index contributed by atoms with van der Waals surface area (Å²) in [6.07, 6.45) is 5.65. The number of hydrogen-bond donors (Lipinski definition) is 3. The van der Waals surface area contributed by atoms with Crippen molar-refractivity contribution in [3.8, 4) is 0 Å². The Bertz CT molecular complexity index is 1370. The lowest BCUT2D eigenvalue weighted by molar-refractivity contribution is -0.135. The highest BCUT2D eigenvalue weighted by molar-refractivity contribution is 5.79. The molecule has 40 heavy (non-hydrogen) atoms. The zero-order chi connectivity index (χ0) is 27.8. The van der Waals surface area contributed by atoms with Crippen LogP contribution in [0.1, 0.15) is 38.5 Å². The minimum absolute atomic E-state index is 0.0392. The summed E-state index contributed by atoms with van der Waals surface area (Å²) in [4.78, 5) is 28.2. The molecule has 4 heterocycles. The van der Waals surface area contributed by atoms with Crippen LogP contribution in [-0.4, -0.2) is 73.9 Å². The molecule has 2 saturated heterocycles. The van der Waals surface area contributed by atoms with Gasteiger partial charge in [-0.05, 0) is 38.5 Å². The maximum Gasteiger partial charge on any atom is 0.225 e. The molecule has 13 heteroatoms. The van der Waals surface area contributed by atoms with Crippen molar-refractivity contribution in [3.63, 3.8) is 0 Å². The number of nitrogens with zero attached hydrogens (tertiary/aromatic N) is 5.